The maximum absolute atomic E-state index is 10.1. The molecule has 16 heavy (non-hydrogen) atoms. The summed E-state index contributed by atoms with van der Waals surface area (Å²) >= 11 is 3.56. The van der Waals surface area contributed by atoms with Crippen LogP contribution in [-0.2, 0) is 0 Å². The van der Waals surface area contributed by atoms with Crippen LogP contribution in [0.4, 0.5) is 0 Å². The van der Waals surface area contributed by atoms with Crippen molar-refractivity contribution in [1.82, 2.24) is 0 Å². The van der Waals surface area contributed by atoms with Gasteiger partial charge in [0.1, 0.15) is 0 Å². The zero-order chi connectivity index (χ0) is 11.5. The fraction of sp³-hybridized carbons (Fsp3) is 0.286. The van der Waals surface area contributed by atoms with Gasteiger partial charge in [-0.3, -0.25) is 0 Å². The Morgan fingerprint density at radius 1 is 1.19 bits per heavy atom. The summed E-state index contributed by atoms with van der Waals surface area (Å²) < 4.78 is 1.05. The second kappa shape index (κ2) is 4.98. The van der Waals surface area contributed by atoms with E-state index in [9.17, 15) is 5.11 Å². The predicted molar refractivity (Wildman–Crippen MR) is 71.5 cm³/mol. The van der Waals surface area contributed by atoms with Crippen molar-refractivity contribution >= 4 is 26.7 Å². The third-order valence-electron chi connectivity index (χ3n) is 2.81. The van der Waals surface area contributed by atoms with Crippen LogP contribution in [0.25, 0.3) is 10.8 Å². The molecule has 1 N–H and O–H groups in total. The molecule has 0 heterocycles. The van der Waals surface area contributed by atoms with Crippen LogP contribution in [0.1, 0.15) is 31.4 Å². The van der Waals surface area contributed by atoms with E-state index >= 15 is 0 Å². The number of hydrogen-bond acceptors (Lipinski definition) is 1. The fourth-order valence-corrected chi connectivity index (χ4v) is 2.64. The smallest absolute Gasteiger partial charge is 0.0796 e. The van der Waals surface area contributed by atoms with E-state index in [0.717, 1.165) is 28.3 Å². The molecule has 0 aromatic heterocycles. The zero-order valence-electron chi connectivity index (χ0n) is 9.28. The average Bonchev–Trinajstić information content (AvgIpc) is 2.29. The Balaban J connectivity index is 2.60. The highest BCUT2D eigenvalue weighted by Crippen LogP contribution is 2.32. The monoisotopic (exact) mass is 278 g/mol. The molecule has 0 aliphatic carbocycles. The summed E-state index contributed by atoms with van der Waals surface area (Å²) in [7, 11) is 0. The Morgan fingerprint density at radius 2 is 1.88 bits per heavy atom. The number of aliphatic hydroxyl groups is 1. The molecule has 0 aliphatic heterocycles. The van der Waals surface area contributed by atoms with Crippen LogP contribution < -0.4 is 0 Å². The Morgan fingerprint density at radius 3 is 2.56 bits per heavy atom. The Hall–Kier alpha value is -0.860. The van der Waals surface area contributed by atoms with Crippen LogP contribution in [0.2, 0.25) is 0 Å². The zero-order valence-corrected chi connectivity index (χ0v) is 10.9. The first-order chi connectivity index (χ1) is 7.74. The summed E-state index contributed by atoms with van der Waals surface area (Å²) in [5.41, 5.74) is 1.02. The first-order valence-corrected chi connectivity index (χ1v) is 6.38. The molecule has 0 bridgehead atoms. The molecule has 2 heteroatoms. The van der Waals surface area contributed by atoms with Gasteiger partial charge in [0.2, 0.25) is 0 Å². The van der Waals surface area contributed by atoms with Crippen molar-refractivity contribution in [3.8, 4) is 0 Å². The van der Waals surface area contributed by atoms with E-state index in [-0.39, 0.29) is 6.10 Å². The molecule has 0 saturated carbocycles. The van der Waals surface area contributed by atoms with Crippen molar-refractivity contribution in [1.29, 1.82) is 0 Å². The Kier molecular flexibility index (Phi) is 3.62. The second-order valence-electron chi connectivity index (χ2n) is 3.99. The first-order valence-electron chi connectivity index (χ1n) is 5.59. The van der Waals surface area contributed by atoms with Crippen molar-refractivity contribution in [2.75, 3.05) is 0 Å². The van der Waals surface area contributed by atoms with Crippen molar-refractivity contribution in [2.45, 2.75) is 25.9 Å². The lowest BCUT2D eigenvalue weighted by atomic mass is 9.98. The lowest BCUT2D eigenvalue weighted by Crippen LogP contribution is -1.98. The summed E-state index contributed by atoms with van der Waals surface area (Å²) in [6, 6.07) is 12.2. The largest absolute Gasteiger partial charge is 0.388 e. The number of fused-ring (bicyclic) bond motifs is 1. The third kappa shape index (κ3) is 2.13. The molecule has 0 amide bonds. The van der Waals surface area contributed by atoms with Crippen LogP contribution in [0.5, 0.6) is 0 Å². The molecule has 2 aromatic carbocycles. The van der Waals surface area contributed by atoms with Gasteiger partial charge in [0.05, 0.1) is 6.10 Å². The van der Waals surface area contributed by atoms with Crippen LogP contribution >= 0.6 is 15.9 Å². The van der Waals surface area contributed by atoms with E-state index in [1.165, 1.54) is 5.39 Å². The summed E-state index contributed by atoms with van der Waals surface area (Å²) in [6.07, 6.45) is 1.43. The molecule has 0 fully saturated rings. The summed E-state index contributed by atoms with van der Waals surface area (Å²) in [5, 5.41) is 12.4. The van der Waals surface area contributed by atoms with Gasteiger partial charge < -0.3 is 5.11 Å². The molecular weight excluding hydrogens is 264 g/mol. The SMILES string of the molecule is CCCC(O)c1cccc2cccc(Br)c12. The molecule has 0 spiro atoms. The number of benzene rings is 2. The van der Waals surface area contributed by atoms with E-state index in [1.807, 2.05) is 24.3 Å². The van der Waals surface area contributed by atoms with Gasteiger partial charge in [-0.1, -0.05) is 59.6 Å². The standard InChI is InChI=1S/C14H15BrO/c1-2-5-13(16)11-8-3-6-10-7-4-9-12(15)14(10)11/h3-4,6-9,13,16H,2,5H2,1H3. The van der Waals surface area contributed by atoms with Crippen LogP contribution in [-0.4, -0.2) is 5.11 Å². The molecule has 2 rings (SSSR count). The van der Waals surface area contributed by atoms with E-state index < -0.39 is 0 Å². The Labute approximate surface area is 104 Å². The molecule has 84 valence electrons. The lowest BCUT2D eigenvalue weighted by Gasteiger charge is -2.13. The molecule has 1 nitrogen and oxygen atoms in total. The van der Waals surface area contributed by atoms with E-state index in [2.05, 4.69) is 35.0 Å². The molecule has 2 aromatic rings. The van der Waals surface area contributed by atoms with Crippen molar-refractivity contribution in [2.24, 2.45) is 0 Å². The second-order valence-corrected chi connectivity index (χ2v) is 4.84. The van der Waals surface area contributed by atoms with Crippen LogP contribution in [0.3, 0.4) is 0 Å². The molecule has 0 saturated heterocycles. The van der Waals surface area contributed by atoms with Gasteiger partial charge in [-0.2, -0.15) is 0 Å². The number of hydrogen-bond donors (Lipinski definition) is 1. The minimum Gasteiger partial charge on any atom is -0.388 e. The number of aliphatic hydroxyl groups excluding tert-OH is 1. The highest BCUT2D eigenvalue weighted by atomic mass is 79.9. The Bertz CT molecular complexity index is 488. The van der Waals surface area contributed by atoms with Crippen molar-refractivity contribution in [3.63, 3.8) is 0 Å². The molecular formula is C14H15BrO. The van der Waals surface area contributed by atoms with Crippen LogP contribution in [0.15, 0.2) is 40.9 Å². The van der Waals surface area contributed by atoms with Crippen molar-refractivity contribution in [3.05, 3.63) is 46.4 Å². The van der Waals surface area contributed by atoms with Gasteiger partial charge in [-0.15, -0.1) is 0 Å². The van der Waals surface area contributed by atoms with E-state index in [4.69, 9.17) is 0 Å². The predicted octanol–water partition coefficient (Wildman–Crippen LogP) is 4.44. The van der Waals surface area contributed by atoms with Gasteiger partial charge in [-0.25, -0.2) is 0 Å². The topological polar surface area (TPSA) is 20.2 Å². The van der Waals surface area contributed by atoms with E-state index in [0.29, 0.717) is 0 Å². The molecule has 1 atom stereocenters. The maximum Gasteiger partial charge on any atom is 0.0796 e. The maximum atomic E-state index is 10.1. The number of halogens is 1. The lowest BCUT2D eigenvalue weighted by molar-refractivity contribution is 0.168. The highest BCUT2D eigenvalue weighted by molar-refractivity contribution is 9.10. The molecule has 0 radical (unpaired) electrons. The van der Waals surface area contributed by atoms with Gasteiger partial charge in [-0.05, 0) is 23.4 Å². The summed E-state index contributed by atoms with van der Waals surface area (Å²) in [5.74, 6) is 0. The number of rotatable bonds is 3. The quantitative estimate of drug-likeness (QED) is 0.880. The van der Waals surface area contributed by atoms with Gasteiger partial charge in [0.15, 0.2) is 0 Å². The molecule has 0 aliphatic rings. The fourth-order valence-electron chi connectivity index (χ4n) is 2.03. The highest BCUT2D eigenvalue weighted by Gasteiger charge is 2.11. The minimum absolute atomic E-state index is 0.368. The summed E-state index contributed by atoms with van der Waals surface area (Å²) in [6.45, 7) is 2.09. The summed E-state index contributed by atoms with van der Waals surface area (Å²) in [4.78, 5) is 0. The molecule has 1 unspecified atom stereocenters. The third-order valence-corrected chi connectivity index (χ3v) is 3.47. The van der Waals surface area contributed by atoms with Gasteiger partial charge in [0, 0.05) is 9.86 Å². The van der Waals surface area contributed by atoms with Crippen molar-refractivity contribution < 1.29 is 5.11 Å². The van der Waals surface area contributed by atoms with Crippen LogP contribution in [0, 0.1) is 0 Å². The van der Waals surface area contributed by atoms with Gasteiger partial charge in [0.25, 0.3) is 0 Å². The normalized spacial score (nSPS) is 12.9. The average molecular weight is 279 g/mol. The van der Waals surface area contributed by atoms with Gasteiger partial charge >= 0.3 is 0 Å². The first kappa shape index (κ1) is 11.6. The van der Waals surface area contributed by atoms with E-state index in [1.54, 1.807) is 0 Å². The minimum atomic E-state index is -0.368.